The summed E-state index contributed by atoms with van der Waals surface area (Å²) in [5.41, 5.74) is 0.0386. The molecule has 0 unspecified atom stereocenters. The summed E-state index contributed by atoms with van der Waals surface area (Å²) in [5, 5.41) is 0. The quantitative estimate of drug-likeness (QED) is 0.168. The third-order valence-electron chi connectivity index (χ3n) is 6.73. The first-order chi connectivity index (χ1) is 18.2. The van der Waals surface area contributed by atoms with E-state index >= 15 is 0 Å². The highest BCUT2D eigenvalue weighted by molar-refractivity contribution is 5.91. The topological polar surface area (TPSA) is 44.8 Å². The second kappa shape index (κ2) is 11.8. The molecular formula is C29H27F5O4. The molecule has 3 aromatic rings. The van der Waals surface area contributed by atoms with E-state index in [2.05, 4.69) is 0 Å². The minimum Gasteiger partial charge on any atom is -0.491 e. The van der Waals surface area contributed by atoms with Crippen LogP contribution in [-0.4, -0.2) is 19.2 Å². The zero-order chi connectivity index (χ0) is 27.4. The van der Waals surface area contributed by atoms with Gasteiger partial charge in [0.15, 0.2) is 23.1 Å². The van der Waals surface area contributed by atoms with Crippen molar-refractivity contribution in [2.75, 3.05) is 13.2 Å². The fourth-order valence-electron chi connectivity index (χ4n) is 4.87. The largest absolute Gasteiger partial charge is 0.491 e. The van der Waals surface area contributed by atoms with Crippen LogP contribution in [0.1, 0.15) is 72.9 Å². The molecule has 0 aromatic heterocycles. The monoisotopic (exact) mass is 534 g/mol. The highest BCUT2D eigenvalue weighted by atomic mass is 19.2. The van der Waals surface area contributed by atoms with Gasteiger partial charge in [-0.25, -0.2) is 18.0 Å². The van der Waals surface area contributed by atoms with E-state index < -0.39 is 40.6 Å². The fraction of sp³-hybridized carbons (Fsp3) is 0.345. The van der Waals surface area contributed by atoms with Gasteiger partial charge in [0, 0.05) is 6.07 Å². The molecule has 0 aliphatic heterocycles. The van der Waals surface area contributed by atoms with E-state index in [9.17, 15) is 26.7 Å². The van der Waals surface area contributed by atoms with E-state index in [1.807, 2.05) is 0 Å². The van der Waals surface area contributed by atoms with E-state index in [0.717, 1.165) is 18.2 Å². The van der Waals surface area contributed by atoms with E-state index in [1.54, 1.807) is 13.8 Å². The Morgan fingerprint density at radius 3 is 1.82 bits per heavy atom. The van der Waals surface area contributed by atoms with Crippen molar-refractivity contribution in [3.05, 3.63) is 88.2 Å². The number of halogens is 5. The van der Waals surface area contributed by atoms with Gasteiger partial charge in [0.05, 0.1) is 18.8 Å². The molecule has 0 saturated heterocycles. The minimum absolute atomic E-state index is 0.116. The van der Waals surface area contributed by atoms with Crippen molar-refractivity contribution in [1.82, 2.24) is 0 Å². The molecule has 1 saturated carbocycles. The zero-order valence-electron chi connectivity index (χ0n) is 21.0. The van der Waals surface area contributed by atoms with Crippen LogP contribution in [0, 0.1) is 29.1 Å². The van der Waals surface area contributed by atoms with Gasteiger partial charge in [-0.3, -0.25) is 0 Å². The fourth-order valence-corrected chi connectivity index (χ4v) is 4.87. The van der Waals surface area contributed by atoms with Crippen LogP contribution in [-0.2, 0) is 0 Å². The van der Waals surface area contributed by atoms with Crippen LogP contribution < -0.4 is 14.2 Å². The maximum absolute atomic E-state index is 15.0. The Hall–Kier alpha value is -3.62. The second-order valence-corrected chi connectivity index (χ2v) is 9.01. The number of carbonyl (C=O) groups is 1. The van der Waals surface area contributed by atoms with Crippen molar-refractivity contribution in [2.24, 2.45) is 0 Å². The third-order valence-corrected chi connectivity index (χ3v) is 6.73. The number of carbonyl (C=O) groups excluding carboxylic acids is 1. The number of ether oxygens (including phenoxy) is 3. The van der Waals surface area contributed by atoms with Crippen LogP contribution in [0.4, 0.5) is 22.0 Å². The highest BCUT2D eigenvalue weighted by Gasteiger charge is 2.29. The van der Waals surface area contributed by atoms with Crippen molar-refractivity contribution in [2.45, 2.75) is 51.4 Å². The summed E-state index contributed by atoms with van der Waals surface area (Å²) in [5.74, 6) is -7.43. The second-order valence-electron chi connectivity index (χ2n) is 9.01. The summed E-state index contributed by atoms with van der Waals surface area (Å²) in [6.07, 6.45) is 2.17. The highest BCUT2D eigenvalue weighted by Crippen LogP contribution is 2.43. The van der Waals surface area contributed by atoms with Crippen molar-refractivity contribution in [1.29, 1.82) is 0 Å². The molecule has 0 radical (unpaired) electrons. The van der Waals surface area contributed by atoms with E-state index in [4.69, 9.17) is 14.2 Å². The molecule has 1 aliphatic carbocycles. The molecule has 3 aromatic carbocycles. The number of rotatable bonds is 8. The van der Waals surface area contributed by atoms with E-state index in [1.165, 1.54) is 24.3 Å². The Bertz CT molecular complexity index is 1320. The summed E-state index contributed by atoms with van der Waals surface area (Å²) >= 11 is 0. The van der Waals surface area contributed by atoms with Gasteiger partial charge in [-0.05, 0) is 86.8 Å². The average molecular weight is 535 g/mol. The molecule has 0 bridgehead atoms. The molecule has 0 atom stereocenters. The summed E-state index contributed by atoms with van der Waals surface area (Å²) in [6.45, 7) is 3.63. The number of esters is 1. The molecule has 1 aliphatic rings. The third kappa shape index (κ3) is 5.61. The normalized spacial score (nSPS) is 17.2. The number of hydrogen-bond donors (Lipinski definition) is 0. The van der Waals surface area contributed by atoms with Gasteiger partial charge in [-0.2, -0.15) is 8.78 Å². The number of benzene rings is 3. The van der Waals surface area contributed by atoms with Gasteiger partial charge < -0.3 is 14.2 Å². The van der Waals surface area contributed by atoms with Crippen LogP contribution in [0.3, 0.4) is 0 Å². The molecule has 38 heavy (non-hydrogen) atoms. The number of hydrogen-bond acceptors (Lipinski definition) is 4. The zero-order valence-corrected chi connectivity index (χ0v) is 21.0. The Balaban J connectivity index is 1.41. The molecule has 9 heteroatoms. The van der Waals surface area contributed by atoms with Crippen LogP contribution in [0.2, 0.25) is 0 Å². The van der Waals surface area contributed by atoms with Crippen LogP contribution in [0.5, 0.6) is 17.2 Å². The summed E-state index contributed by atoms with van der Waals surface area (Å²) in [4.78, 5) is 12.4. The van der Waals surface area contributed by atoms with Crippen molar-refractivity contribution in [3.8, 4) is 17.2 Å². The first-order valence-corrected chi connectivity index (χ1v) is 12.5. The van der Waals surface area contributed by atoms with Gasteiger partial charge in [-0.15, -0.1) is 0 Å². The molecule has 0 N–H and O–H groups in total. The summed E-state index contributed by atoms with van der Waals surface area (Å²) < 4.78 is 87.4. The molecule has 0 heterocycles. The Morgan fingerprint density at radius 2 is 1.24 bits per heavy atom. The van der Waals surface area contributed by atoms with E-state index in [0.29, 0.717) is 31.2 Å². The Labute approximate surface area is 217 Å². The van der Waals surface area contributed by atoms with Crippen molar-refractivity contribution < 1.29 is 41.0 Å². The predicted octanol–water partition coefficient (Wildman–Crippen LogP) is 7.84. The average Bonchev–Trinajstić information content (AvgIpc) is 2.90. The lowest BCUT2D eigenvalue weighted by molar-refractivity contribution is 0.0728. The van der Waals surface area contributed by atoms with Crippen LogP contribution in [0.15, 0.2) is 42.5 Å². The van der Waals surface area contributed by atoms with Crippen LogP contribution >= 0.6 is 0 Å². The lowest BCUT2D eigenvalue weighted by Crippen LogP contribution is -2.15. The first-order valence-electron chi connectivity index (χ1n) is 12.5. The molecule has 1 fully saturated rings. The molecule has 0 amide bonds. The maximum Gasteiger partial charge on any atom is 0.346 e. The molecule has 4 nitrogen and oxygen atoms in total. The van der Waals surface area contributed by atoms with Gasteiger partial charge in [0.1, 0.15) is 11.6 Å². The SMILES string of the molecule is CCOc1ccc(C(=O)Oc2ccc(C3CCC(c4ccc(OCC)c(F)c4F)CC3)c(F)c2)c(F)c1F. The molecule has 0 spiro atoms. The van der Waals surface area contributed by atoms with Crippen molar-refractivity contribution >= 4 is 5.97 Å². The maximum atomic E-state index is 15.0. The summed E-state index contributed by atoms with van der Waals surface area (Å²) in [7, 11) is 0. The predicted molar refractivity (Wildman–Crippen MR) is 130 cm³/mol. The standard InChI is InChI=1S/C29H27F5O4/c1-3-36-23-13-11-20(25(31)27(23)33)17-7-5-16(6-8-17)19-10-9-18(15-22(19)30)38-29(35)21-12-14-24(37-4-2)28(34)26(21)32/h9-17H,3-8H2,1-2H3. The Kier molecular flexibility index (Phi) is 8.54. The van der Waals surface area contributed by atoms with Crippen molar-refractivity contribution in [3.63, 3.8) is 0 Å². The van der Waals surface area contributed by atoms with Gasteiger partial charge in [0.2, 0.25) is 11.6 Å². The first kappa shape index (κ1) is 27.4. The minimum atomic E-state index is -1.42. The molecular weight excluding hydrogens is 507 g/mol. The van der Waals surface area contributed by atoms with Crippen LogP contribution in [0.25, 0.3) is 0 Å². The van der Waals surface area contributed by atoms with Gasteiger partial charge in [0.25, 0.3) is 0 Å². The lowest BCUT2D eigenvalue weighted by atomic mass is 9.76. The lowest BCUT2D eigenvalue weighted by Gasteiger charge is -2.29. The molecule has 202 valence electrons. The van der Waals surface area contributed by atoms with E-state index in [-0.39, 0.29) is 47.9 Å². The van der Waals surface area contributed by atoms with Gasteiger partial charge in [-0.1, -0.05) is 12.1 Å². The van der Waals surface area contributed by atoms with Gasteiger partial charge >= 0.3 is 5.97 Å². The summed E-state index contributed by atoms with van der Waals surface area (Å²) in [6, 6.07) is 9.00. The Morgan fingerprint density at radius 1 is 0.711 bits per heavy atom. The molecule has 4 rings (SSSR count). The smallest absolute Gasteiger partial charge is 0.346 e.